The fourth-order valence-electron chi connectivity index (χ4n) is 3.51. The number of nitrogens with two attached hydrogens (primary N) is 1. The van der Waals surface area contributed by atoms with E-state index in [1.165, 1.54) is 12.8 Å². The van der Waals surface area contributed by atoms with E-state index in [0.717, 1.165) is 31.7 Å². The number of likely N-dealkylation sites (tertiary alicyclic amines) is 1. The van der Waals surface area contributed by atoms with Crippen LogP contribution in [0.5, 0.6) is 0 Å². The van der Waals surface area contributed by atoms with Crippen molar-refractivity contribution in [2.75, 3.05) is 18.8 Å². The normalized spacial score (nSPS) is 35.2. The van der Waals surface area contributed by atoms with E-state index in [2.05, 4.69) is 0 Å². The Morgan fingerprint density at radius 2 is 2.00 bits per heavy atom. The molecule has 0 bridgehead atoms. The number of amides is 1. The molecule has 2 N–H and O–H groups in total. The summed E-state index contributed by atoms with van der Waals surface area (Å²) in [5.41, 5.74) is 0. The molecule has 19 heavy (non-hydrogen) atoms. The maximum Gasteiger partial charge on any atom is 0.225 e. The van der Waals surface area contributed by atoms with Gasteiger partial charge in [0.1, 0.15) is 0 Å². The van der Waals surface area contributed by atoms with Crippen LogP contribution in [-0.2, 0) is 14.8 Å². The van der Waals surface area contributed by atoms with Crippen molar-refractivity contribution in [2.45, 2.75) is 32.1 Å². The lowest BCUT2D eigenvalue weighted by molar-refractivity contribution is -0.134. The van der Waals surface area contributed by atoms with Crippen molar-refractivity contribution in [1.29, 1.82) is 0 Å². The van der Waals surface area contributed by atoms with Crippen LogP contribution in [0.4, 0.5) is 0 Å². The number of primary sulfonamides is 1. The highest BCUT2D eigenvalue weighted by molar-refractivity contribution is 7.89. The van der Waals surface area contributed by atoms with Crippen molar-refractivity contribution in [1.82, 2.24) is 4.90 Å². The molecule has 3 atom stereocenters. The van der Waals surface area contributed by atoms with Gasteiger partial charge in [0.05, 0.1) is 5.75 Å². The molecule has 0 radical (unpaired) electrons. The highest BCUT2D eigenvalue weighted by Gasteiger charge is 2.52. The summed E-state index contributed by atoms with van der Waals surface area (Å²) in [6.45, 7) is 1.36. The van der Waals surface area contributed by atoms with Gasteiger partial charge in [-0.3, -0.25) is 4.79 Å². The Bertz CT molecular complexity index is 472. The summed E-state index contributed by atoms with van der Waals surface area (Å²) in [6.07, 6.45) is 5.40. The van der Waals surface area contributed by atoms with E-state index in [9.17, 15) is 13.2 Å². The molecule has 0 aromatic heterocycles. The van der Waals surface area contributed by atoms with Gasteiger partial charge >= 0.3 is 0 Å². The number of rotatable bonds is 4. The van der Waals surface area contributed by atoms with Gasteiger partial charge in [0.25, 0.3) is 0 Å². The van der Waals surface area contributed by atoms with Crippen LogP contribution in [0.3, 0.4) is 0 Å². The number of piperidine rings is 1. The Hall–Kier alpha value is -0.620. The lowest BCUT2D eigenvalue weighted by Crippen LogP contribution is -2.43. The monoisotopic (exact) mass is 286 g/mol. The van der Waals surface area contributed by atoms with Crippen molar-refractivity contribution in [2.24, 2.45) is 28.8 Å². The summed E-state index contributed by atoms with van der Waals surface area (Å²) in [6, 6.07) is 0. The number of hydrogen-bond donors (Lipinski definition) is 1. The molecule has 2 aliphatic carbocycles. The molecule has 5 nitrogen and oxygen atoms in total. The van der Waals surface area contributed by atoms with Gasteiger partial charge in [-0.25, -0.2) is 13.6 Å². The number of sulfonamides is 1. The molecule has 3 aliphatic rings. The first-order chi connectivity index (χ1) is 8.94. The summed E-state index contributed by atoms with van der Waals surface area (Å²) in [5, 5.41) is 5.10. The zero-order valence-corrected chi connectivity index (χ0v) is 11.9. The van der Waals surface area contributed by atoms with Crippen molar-refractivity contribution >= 4 is 15.9 Å². The fourth-order valence-corrected chi connectivity index (χ4v) is 4.44. The molecular weight excluding hydrogens is 264 g/mol. The summed E-state index contributed by atoms with van der Waals surface area (Å²) in [5.74, 6) is 1.96. The molecule has 1 saturated heterocycles. The van der Waals surface area contributed by atoms with E-state index in [1.807, 2.05) is 4.90 Å². The van der Waals surface area contributed by atoms with Gasteiger partial charge in [0, 0.05) is 19.0 Å². The van der Waals surface area contributed by atoms with Gasteiger partial charge in [-0.05, 0) is 49.9 Å². The first kappa shape index (κ1) is 13.4. The highest BCUT2D eigenvalue weighted by Crippen LogP contribution is 2.55. The third kappa shape index (κ3) is 3.28. The van der Waals surface area contributed by atoms with Crippen molar-refractivity contribution < 1.29 is 13.2 Å². The first-order valence-corrected chi connectivity index (χ1v) is 8.95. The molecule has 2 saturated carbocycles. The SMILES string of the molecule is NS(=O)(=O)CC1CCCN(C(=O)[C@H]2C[C@@H]2C2CC2)C1. The van der Waals surface area contributed by atoms with Gasteiger partial charge in [0.15, 0.2) is 0 Å². The average molecular weight is 286 g/mol. The maximum absolute atomic E-state index is 12.4. The molecule has 3 fully saturated rings. The lowest BCUT2D eigenvalue weighted by atomic mass is 9.99. The fraction of sp³-hybridized carbons (Fsp3) is 0.923. The van der Waals surface area contributed by atoms with E-state index in [0.29, 0.717) is 12.5 Å². The number of hydrogen-bond acceptors (Lipinski definition) is 3. The van der Waals surface area contributed by atoms with Crippen LogP contribution in [0.25, 0.3) is 0 Å². The van der Waals surface area contributed by atoms with Crippen LogP contribution in [0.2, 0.25) is 0 Å². The Labute approximate surface area is 114 Å². The van der Waals surface area contributed by atoms with Crippen LogP contribution in [-0.4, -0.2) is 38.1 Å². The van der Waals surface area contributed by atoms with Gasteiger partial charge in [-0.15, -0.1) is 0 Å². The standard InChI is InChI=1S/C13H22N2O3S/c14-19(17,18)8-9-2-1-5-15(7-9)13(16)12-6-11(12)10-3-4-10/h9-12H,1-8H2,(H2,14,17,18)/t9?,11-,12+/m1/s1. The zero-order valence-electron chi connectivity index (χ0n) is 11.1. The van der Waals surface area contributed by atoms with E-state index < -0.39 is 10.0 Å². The van der Waals surface area contributed by atoms with E-state index >= 15 is 0 Å². The van der Waals surface area contributed by atoms with E-state index in [1.54, 1.807) is 0 Å². The number of carbonyl (C=O) groups excluding carboxylic acids is 1. The minimum atomic E-state index is -3.43. The number of carbonyl (C=O) groups is 1. The van der Waals surface area contributed by atoms with Crippen LogP contribution in [0.1, 0.15) is 32.1 Å². The second kappa shape index (κ2) is 4.74. The molecule has 6 heteroatoms. The summed E-state index contributed by atoms with van der Waals surface area (Å²) in [4.78, 5) is 14.2. The minimum absolute atomic E-state index is 0.00744. The highest BCUT2D eigenvalue weighted by atomic mass is 32.2. The minimum Gasteiger partial charge on any atom is -0.342 e. The molecule has 1 amide bonds. The summed E-state index contributed by atoms with van der Waals surface area (Å²) < 4.78 is 22.3. The van der Waals surface area contributed by atoms with Gasteiger partial charge in [-0.1, -0.05) is 0 Å². The second-order valence-electron chi connectivity index (χ2n) is 6.47. The first-order valence-electron chi connectivity index (χ1n) is 7.23. The van der Waals surface area contributed by atoms with Crippen LogP contribution in [0, 0.1) is 23.7 Å². The average Bonchev–Trinajstić information content (AvgIpc) is 3.16. The van der Waals surface area contributed by atoms with Gasteiger partial charge in [0.2, 0.25) is 15.9 Å². The molecule has 3 rings (SSSR count). The molecule has 0 spiro atoms. The third-order valence-electron chi connectivity index (χ3n) is 4.68. The molecule has 1 unspecified atom stereocenters. The summed E-state index contributed by atoms with van der Waals surface area (Å²) in [7, 11) is -3.43. The Morgan fingerprint density at radius 1 is 1.26 bits per heavy atom. The zero-order chi connectivity index (χ0) is 13.6. The Morgan fingerprint density at radius 3 is 2.63 bits per heavy atom. The molecule has 1 heterocycles. The summed E-state index contributed by atoms with van der Waals surface area (Å²) >= 11 is 0. The predicted octanol–water partition coefficient (Wildman–Crippen LogP) is 0.560. The Kier molecular flexibility index (Phi) is 3.33. The molecule has 108 valence electrons. The molecule has 0 aromatic rings. The quantitative estimate of drug-likeness (QED) is 0.820. The molecule has 0 aromatic carbocycles. The number of nitrogens with zero attached hydrogens (tertiary/aromatic N) is 1. The second-order valence-corrected chi connectivity index (χ2v) is 8.12. The smallest absolute Gasteiger partial charge is 0.225 e. The van der Waals surface area contributed by atoms with Crippen LogP contribution >= 0.6 is 0 Å². The van der Waals surface area contributed by atoms with Gasteiger partial charge < -0.3 is 4.90 Å². The van der Waals surface area contributed by atoms with Crippen molar-refractivity contribution in [3.05, 3.63) is 0 Å². The van der Waals surface area contributed by atoms with Crippen molar-refractivity contribution in [3.8, 4) is 0 Å². The third-order valence-corrected chi connectivity index (χ3v) is 5.62. The van der Waals surface area contributed by atoms with Crippen LogP contribution < -0.4 is 5.14 Å². The topological polar surface area (TPSA) is 80.5 Å². The van der Waals surface area contributed by atoms with Crippen LogP contribution in [0.15, 0.2) is 0 Å². The Balaban J connectivity index is 1.54. The van der Waals surface area contributed by atoms with Gasteiger partial charge in [-0.2, -0.15) is 0 Å². The predicted molar refractivity (Wildman–Crippen MR) is 71.6 cm³/mol. The lowest BCUT2D eigenvalue weighted by Gasteiger charge is -2.32. The molecular formula is C13H22N2O3S. The van der Waals surface area contributed by atoms with Crippen molar-refractivity contribution in [3.63, 3.8) is 0 Å². The maximum atomic E-state index is 12.4. The van der Waals surface area contributed by atoms with E-state index in [4.69, 9.17) is 5.14 Å². The van der Waals surface area contributed by atoms with E-state index in [-0.39, 0.29) is 23.5 Å². The largest absolute Gasteiger partial charge is 0.342 e. The molecule has 1 aliphatic heterocycles.